The second kappa shape index (κ2) is 12.2. The topological polar surface area (TPSA) is 106 Å². The van der Waals surface area contributed by atoms with Crippen LogP contribution >= 0.6 is 23.2 Å². The van der Waals surface area contributed by atoms with Crippen molar-refractivity contribution in [1.29, 1.82) is 0 Å². The van der Waals surface area contributed by atoms with E-state index < -0.39 is 11.9 Å². The van der Waals surface area contributed by atoms with E-state index in [1.807, 2.05) is 30.3 Å². The molecule has 2 amide bonds. The largest absolute Gasteiger partial charge is 0.493 e. The monoisotopic (exact) mass is 549 g/mol. The van der Waals surface area contributed by atoms with Gasteiger partial charge in [0.2, 0.25) is 0 Å². The summed E-state index contributed by atoms with van der Waals surface area (Å²) in [6, 6.07) is 22.1. The van der Waals surface area contributed by atoms with Crippen molar-refractivity contribution in [2.24, 2.45) is 5.10 Å². The molecule has 0 aliphatic heterocycles. The number of methoxy groups -OCH3 is 1. The minimum absolute atomic E-state index is 0.152. The van der Waals surface area contributed by atoms with Crippen LogP contribution in [-0.2, 0) is 4.79 Å². The Hall–Kier alpha value is -4.40. The number of ether oxygens (including phenoxy) is 2. The summed E-state index contributed by atoms with van der Waals surface area (Å²) in [5, 5.41) is 8.78. The lowest BCUT2D eigenvalue weighted by atomic mass is 10.0. The van der Waals surface area contributed by atoms with E-state index in [-0.39, 0.29) is 34.5 Å². The van der Waals surface area contributed by atoms with Crippen LogP contribution in [-0.4, -0.2) is 37.7 Å². The number of nitrogens with zero attached hydrogens (tertiary/aromatic N) is 1. The molecule has 0 heterocycles. The summed E-state index contributed by atoms with van der Waals surface area (Å²) in [5.41, 5.74) is 3.55. The molecule has 0 unspecified atom stereocenters. The van der Waals surface area contributed by atoms with Crippen molar-refractivity contribution < 1.29 is 23.9 Å². The first-order chi connectivity index (χ1) is 18.4. The maximum atomic E-state index is 12.6. The minimum atomic E-state index is -0.677. The number of hydrazone groups is 1. The highest BCUT2D eigenvalue weighted by atomic mass is 35.5. The van der Waals surface area contributed by atoms with E-state index in [4.69, 9.17) is 32.7 Å². The molecule has 0 aliphatic carbocycles. The first-order valence-electron chi connectivity index (χ1n) is 11.3. The third-order valence-corrected chi connectivity index (χ3v) is 5.94. The van der Waals surface area contributed by atoms with E-state index in [1.54, 1.807) is 24.3 Å². The van der Waals surface area contributed by atoms with Gasteiger partial charge < -0.3 is 14.8 Å². The average Bonchev–Trinajstić information content (AvgIpc) is 2.92. The molecule has 0 saturated heterocycles. The molecule has 38 heavy (non-hydrogen) atoms. The fourth-order valence-electron chi connectivity index (χ4n) is 3.56. The molecular weight excluding hydrogens is 529 g/mol. The highest BCUT2D eigenvalue weighted by Gasteiger charge is 2.16. The predicted octanol–water partition coefficient (Wildman–Crippen LogP) is 5.25. The Kier molecular flexibility index (Phi) is 8.58. The van der Waals surface area contributed by atoms with E-state index in [1.165, 1.54) is 37.6 Å². The van der Waals surface area contributed by atoms with Gasteiger partial charge >= 0.3 is 5.97 Å². The van der Waals surface area contributed by atoms with Crippen LogP contribution in [0.2, 0.25) is 10.0 Å². The Morgan fingerprint density at radius 3 is 2.47 bits per heavy atom. The zero-order valence-corrected chi connectivity index (χ0v) is 21.5. The number of fused-ring (bicyclic) bond motifs is 1. The first kappa shape index (κ1) is 26.7. The van der Waals surface area contributed by atoms with Crippen LogP contribution in [0.4, 0.5) is 0 Å². The molecule has 0 atom stereocenters. The molecule has 4 aromatic carbocycles. The number of halogens is 2. The van der Waals surface area contributed by atoms with Gasteiger partial charge in [0, 0.05) is 10.6 Å². The molecule has 0 bridgehead atoms. The summed E-state index contributed by atoms with van der Waals surface area (Å²) >= 11 is 11.9. The van der Waals surface area contributed by atoms with Crippen LogP contribution in [0.1, 0.15) is 26.3 Å². The third-order valence-electron chi connectivity index (χ3n) is 5.39. The second-order valence-electron chi connectivity index (χ2n) is 7.93. The molecule has 0 radical (unpaired) electrons. The molecule has 192 valence electrons. The van der Waals surface area contributed by atoms with Crippen LogP contribution in [0.3, 0.4) is 0 Å². The number of nitrogens with one attached hydrogen (secondary N) is 2. The quantitative estimate of drug-likeness (QED) is 0.135. The van der Waals surface area contributed by atoms with Gasteiger partial charge in [-0.2, -0.15) is 5.10 Å². The van der Waals surface area contributed by atoms with E-state index in [0.29, 0.717) is 16.1 Å². The van der Waals surface area contributed by atoms with Crippen LogP contribution in [0.5, 0.6) is 11.5 Å². The summed E-state index contributed by atoms with van der Waals surface area (Å²) in [4.78, 5) is 37.2. The number of hydrogen-bond donors (Lipinski definition) is 2. The molecule has 4 aromatic rings. The number of carbonyl (C=O) groups is 3. The van der Waals surface area contributed by atoms with Crippen LogP contribution in [0.15, 0.2) is 84.0 Å². The van der Waals surface area contributed by atoms with Crippen molar-refractivity contribution in [2.45, 2.75) is 0 Å². The lowest BCUT2D eigenvalue weighted by Crippen LogP contribution is -2.35. The Morgan fingerprint density at radius 1 is 0.895 bits per heavy atom. The SMILES string of the molecule is COc1cc(/C=N/NC(=O)CNC(=O)c2cccc3ccccc23)ccc1OC(=O)c1ccc(Cl)cc1Cl. The van der Waals surface area contributed by atoms with Gasteiger partial charge in [-0.15, -0.1) is 0 Å². The van der Waals surface area contributed by atoms with Crippen LogP contribution in [0.25, 0.3) is 10.8 Å². The average molecular weight is 550 g/mol. The Morgan fingerprint density at radius 2 is 1.68 bits per heavy atom. The van der Waals surface area contributed by atoms with E-state index in [9.17, 15) is 14.4 Å². The molecule has 0 aliphatic rings. The van der Waals surface area contributed by atoms with Gasteiger partial charge in [0.15, 0.2) is 11.5 Å². The summed E-state index contributed by atoms with van der Waals surface area (Å²) < 4.78 is 10.7. The standard InChI is InChI=1S/C28H21Cl2N3O5/c1-37-25-13-17(9-12-24(25)38-28(36)22-11-10-19(29)14-23(22)30)15-32-33-26(34)16-31-27(35)21-8-4-6-18-5-2-3-7-20(18)21/h2-15H,16H2,1H3,(H,31,35)(H,33,34)/b32-15+. The summed E-state index contributed by atoms with van der Waals surface area (Å²) in [6.45, 7) is -0.259. The van der Waals surface area contributed by atoms with Crippen molar-refractivity contribution in [3.63, 3.8) is 0 Å². The Bertz CT molecular complexity index is 1550. The number of esters is 1. The normalized spacial score (nSPS) is 10.8. The lowest BCUT2D eigenvalue weighted by molar-refractivity contribution is -0.120. The lowest BCUT2D eigenvalue weighted by Gasteiger charge is -2.10. The van der Waals surface area contributed by atoms with Gasteiger partial charge in [0.05, 0.1) is 30.5 Å². The fourth-order valence-corrected chi connectivity index (χ4v) is 4.04. The molecular formula is C28H21Cl2N3O5. The summed E-state index contributed by atoms with van der Waals surface area (Å²) in [5.74, 6) is -1.12. The molecule has 2 N–H and O–H groups in total. The number of carbonyl (C=O) groups excluding carboxylic acids is 3. The molecule has 0 spiro atoms. The van der Waals surface area contributed by atoms with Gasteiger partial charge in [-0.1, -0.05) is 59.6 Å². The Labute approximate surface area is 228 Å². The van der Waals surface area contributed by atoms with Crippen molar-refractivity contribution in [2.75, 3.05) is 13.7 Å². The highest BCUT2D eigenvalue weighted by molar-refractivity contribution is 6.36. The molecule has 0 saturated carbocycles. The Balaban J connectivity index is 1.33. The molecule has 0 fully saturated rings. The fraction of sp³-hybridized carbons (Fsp3) is 0.0714. The van der Waals surface area contributed by atoms with Crippen molar-refractivity contribution in [1.82, 2.24) is 10.7 Å². The maximum absolute atomic E-state index is 12.6. The zero-order chi connectivity index (χ0) is 27.1. The molecule has 4 rings (SSSR count). The number of hydrogen-bond acceptors (Lipinski definition) is 6. The zero-order valence-electron chi connectivity index (χ0n) is 20.0. The molecule has 0 aromatic heterocycles. The third kappa shape index (κ3) is 6.47. The molecule has 10 heteroatoms. The van der Waals surface area contributed by atoms with Crippen LogP contribution < -0.4 is 20.2 Å². The van der Waals surface area contributed by atoms with Gasteiger partial charge in [0.1, 0.15) is 0 Å². The van der Waals surface area contributed by atoms with Gasteiger partial charge in [-0.05, 0) is 58.8 Å². The summed E-state index contributed by atoms with van der Waals surface area (Å²) in [6.07, 6.45) is 1.38. The predicted molar refractivity (Wildman–Crippen MR) is 146 cm³/mol. The van der Waals surface area contributed by atoms with E-state index in [2.05, 4.69) is 15.8 Å². The van der Waals surface area contributed by atoms with E-state index >= 15 is 0 Å². The second-order valence-corrected chi connectivity index (χ2v) is 8.77. The van der Waals surface area contributed by atoms with Crippen molar-refractivity contribution >= 4 is 58.0 Å². The van der Waals surface area contributed by atoms with E-state index in [0.717, 1.165) is 10.8 Å². The number of benzene rings is 4. The van der Waals surface area contributed by atoms with Gasteiger partial charge in [0.25, 0.3) is 11.8 Å². The van der Waals surface area contributed by atoms with Gasteiger partial charge in [-0.25, -0.2) is 10.2 Å². The van der Waals surface area contributed by atoms with Crippen LogP contribution in [0, 0.1) is 0 Å². The number of rotatable bonds is 8. The van der Waals surface area contributed by atoms with Crippen molar-refractivity contribution in [3.05, 3.63) is 106 Å². The first-order valence-corrected chi connectivity index (χ1v) is 12.0. The number of amides is 2. The van der Waals surface area contributed by atoms with Gasteiger partial charge in [-0.3, -0.25) is 9.59 Å². The summed E-state index contributed by atoms with van der Waals surface area (Å²) in [7, 11) is 1.42. The molecule has 8 nitrogen and oxygen atoms in total. The highest BCUT2D eigenvalue weighted by Crippen LogP contribution is 2.30. The maximum Gasteiger partial charge on any atom is 0.345 e. The smallest absolute Gasteiger partial charge is 0.345 e. The van der Waals surface area contributed by atoms with Crippen molar-refractivity contribution in [3.8, 4) is 11.5 Å². The minimum Gasteiger partial charge on any atom is -0.493 e.